The maximum absolute atomic E-state index is 17.0. The Labute approximate surface area is 339 Å². The van der Waals surface area contributed by atoms with Crippen LogP contribution in [0.5, 0.6) is 11.5 Å². The molecule has 0 spiro atoms. The number of benzene rings is 8. The summed E-state index contributed by atoms with van der Waals surface area (Å²) in [5, 5.41) is 7.58. The van der Waals surface area contributed by atoms with Gasteiger partial charge in [0.25, 0.3) is 0 Å². The molecule has 11 rings (SSSR count). The van der Waals surface area contributed by atoms with Gasteiger partial charge in [0.05, 0.1) is 11.4 Å². The highest BCUT2D eigenvalue weighted by Crippen LogP contribution is 2.53. The van der Waals surface area contributed by atoms with Crippen molar-refractivity contribution in [2.45, 2.75) is 29.1 Å². The third-order valence-corrected chi connectivity index (χ3v) is 21.8. The lowest BCUT2D eigenvalue weighted by Crippen LogP contribution is -2.82. The lowest BCUT2D eigenvalue weighted by Gasteiger charge is -2.44. The van der Waals surface area contributed by atoms with Gasteiger partial charge in [-0.3, -0.25) is 0 Å². The predicted octanol–water partition coefficient (Wildman–Crippen LogP) is 9.38. The molecule has 0 N–H and O–H groups in total. The van der Waals surface area contributed by atoms with E-state index in [2.05, 4.69) is 189 Å². The van der Waals surface area contributed by atoms with Crippen molar-refractivity contribution >= 4 is 80.7 Å². The number of para-hydroxylation sites is 4. The number of ether oxygens (including phenoxy) is 1. The molecule has 0 aromatic heterocycles. The Bertz CT molecular complexity index is 2860. The van der Waals surface area contributed by atoms with E-state index < -0.39 is 15.2 Å². The molecule has 0 saturated carbocycles. The van der Waals surface area contributed by atoms with Gasteiger partial charge in [-0.2, -0.15) is 0 Å². The topological polar surface area (TPSA) is 29.5 Å². The van der Waals surface area contributed by atoms with Crippen LogP contribution in [0.3, 0.4) is 0 Å². The summed E-state index contributed by atoms with van der Waals surface area (Å²) in [5.41, 5.74) is 5.20. The summed E-state index contributed by atoms with van der Waals surface area (Å²) >= 11 is 1.81. The SMILES string of the molecule is CC1(C)c2ccccc2Sc2ccc(P3(=O)c4ccccc4[Si](c4ccccc4)(c4ccccc4)c4cc(N5c6ccccc6Oc6ccccc65)ccc43)cc21. The fourth-order valence-electron chi connectivity index (χ4n) is 9.63. The van der Waals surface area contributed by atoms with E-state index in [4.69, 9.17) is 4.74 Å². The first-order chi connectivity index (χ1) is 27.9. The van der Waals surface area contributed by atoms with Gasteiger partial charge in [0.1, 0.15) is 0 Å². The number of fused-ring (bicyclic) bond motifs is 6. The van der Waals surface area contributed by atoms with Gasteiger partial charge in [-0.15, -0.1) is 0 Å². The maximum Gasteiger partial charge on any atom is 0.181 e. The number of rotatable bonds is 4. The Morgan fingerprint density at radius 1 is 0.526 bits per heavy atom. The molecular weight excluding hydrogens is 750 g/mol. The highest BCUT2D eigenvalue weighted by atomic mass is 32.2. The molecule has 0 aliphatic carbocycles. The number of anilines is 3. The molecule has 3 nitrogen and oxygen atoms in total. The second kappa shape index (κ2) is 12.8. The Kier molecular flexibility index (Phi) is 7.75. The molecule has 1 atom stereocenters. The Balaban J connectivity index is 1.24. The van der Waals surface area contributed by atoms with Gasteiger partial charge in [0.15, 0.2) is 26.7 Å². The van der Waals surface area contributed by atoms with Crippen molar-refractivity contribution < 1.29 is 9.30 Å². The molecule has 0 radical (unpaired) electrons. The lowest BCUT2D eigenvalue weighted by atomic mass is 9.78. The van der Waals surface area contributed by atoms with Crippen molar-refractivity contribution in [2.75, 3.05) is 4.90 Å². The number of hydrogen-bond acceptors (Lipinski definition) is 4. The molecule has 274 valence electrons. The molecule has 6 heteroatoms. The zero-order valence-electron chi connectivity index (χ0n) is 31.6. The van der Waals surface area contributed by atoms with Gasteiger partial charge in [-0.05, 0) is 98.6 Å². The molecule has 0 saturated heterocycles. The van der Waals surface area contributed by atoms with Crippen LogP contribution in [0.1, 0.15) is 25.0 Å². The normalized spacial score (nSPS) is 17.8. The van der Waals surface area contributed by atoms with Crippen LogP contribution in [0.25, 0.3) is 0 Å². The first-order valence-corrected chi connectivity index (χ1v) is 24.0. The number of nitrogens with zero attached hydrogens (tertiary/aromatic N) is 1. The van der Waals surface area contributed by atoms with Crippen molar-refractivity contribution in [1.82, 2.24) is 0 Å². The monoisotopic (exact) mass is 787 g/mol. The van der Waals surface area contributed by atoms with Crippen LogP contribution in [0.2, 0.25) is 0 Å². The minimum Gasteiger partial charge on any atom is -0.453 e. The molecule has 0 amide bonds. The van der Waals surface area contributed by atoms with Crippen LogP contribution in [0, 0.1) is 0 Å². The van der Waals surface area contributed by atoms with E-state index in [-0.39, 0.29) is 5.41 Å². The summed E-state index contributed by atoms with van der Waals surface area (Å²) in [4.78, 5) is 4.81. The quantitative estimate of drug-likeness (QED) is 0.131. The average Bonchev–Trinajstić information content (AvgIpc) is 3.26. The van der Waals surface area contributed by atoms with Crippen molar-refractivity contribution in [3.05, 3.63) is 205 Å². The minimum absolute atomic E-state index is 0.266. The van der Waals surface area contributed by atoms with E-state index in [1.165, 1.54) is 36.5 Å². The van der Waals surface area contributed by atoms with Crippen molar-refractivity contribution in [1.29, 1.82) is 0 Å². The van der Waals surface area contributed by atoms with Gasteiger partial charge in [-0.1, -0.05) is 153 Å². The molecule has 1 unspecified atom stereocenters. The summed E-state index contributed by atoms with van der Waals surface area (Å²) in [6.45, 7) is 4.61. The zero-order chi connectivity index (χ0) is 38.4. The van der Waals surface area contributed by atoms with Gasteiger partial charge < -0.3 is 14.2 Å². The van der Waals surface area contributed by atoms with Crippen LogP contribution >= 0.6 is 18.9 Å². The summed E-state index contributed by atoms with van der Waals surface area (Å²) in [6, 6.07) is 69.2. The highest BCUT2D eigenvalue weighted by molar-refractivity contribution is 7.99. The smallest absolute Gasteiger partial charge is 0.181 e. The van der Waals surface area contributed by atoms with Crippen molar-refractivity contribution in [3.8, 4) is 11.5 Å². The summed E-state index contributed by atoms with van der Waals surface area (Å²) in [7, 11) is -6.58. The summed E-state index contributed by atoms with van der Waals surface area (Å²) in [5.74, 6) is 1.60. The summed E-state index contributed by atoms with van der Waals surface area (Å²) < 4.78 is 23.5. The molecule has 0 fully saturated rings. The van der Waals surface area contributed by atoms with Crippen molar-refractivity contribution in [2.24, 2.45) is 0 Å². The molecule has 8 aromatic carbocycles. The Hall–Kier alpha value is -5.84. The second-order valence-corrected chi connectivity index (χ2v) is 23.1. The van der Waals surface area contributed by atoms with Gasteiger partial charge in [0, 0.05) is 36.8 Å². The molecule has 8 aromatic rings. The van der Waals surface area contributed by atoms with Gasteiger partial charge >= 0.3 is 0 Å². The average molecular weight is 788 g/mol. The fraction of sp³-hybridized carbons (Fsp3) is 0.0588. The van der Waals surface area contributed by atoms with E-state index >= 15 is 4.57 Å². The molecule has 57 heavy (non-hydrogen) atoms. The second-order valence-electron chi connectivity index (χ2n) is 15.6. The predicted molar refractivity (Wildman–Crippen MR) is 240 cm³/mol. The largest absolute Gasteiger partial charge is 0.453 e. The van der Waals surface area contributed by atoms with E-state index in [0.717, 1.165) is 49.7 Å². The van der Waals surface area contributed by atoms with E-state index in [0.29, 0.717) is 0 Å². The Morgan fingerprint density at radius 2 is 1.09 bits per heavy atom. The molecule has 0 bridgehead atoms. The standard InChI is InChI=1S/C51H38NO2PSSi/c1-51(2)39-21-9-15-27-47(39)56-48-32-30-36(34-40(48)51)55(53)45-26-14-16-28-49(45)57(37-17-5-3-6-18-37,38-19-7-4-8-20-38)50-33-35(29-31-46(50)55)52-41-22-10-12-24-43(41)54-44-25-13-11-23-42(44)52/h3-34H,1-2H3. The lowest BCUT2D eigenvalue weighted by molar-refractivity contribution is 0.477. The van der Waals surface area contributed by atoms with E-state index in [1.807, 2.05) is 36.0 Å². The first kappa shape index (κ1) is 34.4. The van der Waals surface area contributed by atoms with E-state index in [1.54, 1.807) is 0 Å². The third kappa shape index (κ3) is 4.89. The van der Waals surface area contributed by atoms with Crippen LogP contribution in [-0.4, -0.2) is 8.07 Å². The number of hydrogen-bond donors (Lipinski definition) is 0. The van der Waals surface area contributed by atoms with Crippen molar-refractivity contribution in [3.63, 3.8) is 0 Å². The molecule has 3 aliphatic rings. The van der Waals surface area contributed by atoms with Crippen LogP contribution in [-0.2, 0) is 9.98 Å². The minimum atomic E-state index is -3.46. The van der Waals surface area contributed by atoms with E-state index in [9.17, 15) is 0 Å². The third-order valence-electron chi connectivity index (χ3n) is 12.3. The molecular formula is C51H38NO2PSSi. The maximum atomic E-state index is 17.0. The Morgan fingerprint density at radius 3 is 1.79 bits per heavy atom. The van der Waals surface area contributed by atoms with Crippen LogP contribution < -0.4 is 46.3 Å². The fourth-order valence-corrected chi connectivity index (χ4v) is 20.7. The van der Waals surface area contributed by atoms with Crippen LogP contribution in [0.15, 0.2) is 204 Å². The molecule has 3 aliphatic heterocycles. The van der Waals surface area contributed by atoms with Gasteiger partial charge in [-0.25, -0.2) is 0 Å². The zero-order valence-corrected chi connectivity index (χ0v) is 34.3. The highest BCUT2D eigenvalue weighted by Gasteiger charge is 2.53. The first-order valence-electron chi connectivity index (χ1n) is 19.4. The summed E-state index contributed by atoms with van der Waals surface area (Å²) in [6.07, 6.45) is 0. The van der Waals surface area contributed by atoms with Gasteiger partial charge in [0.2, 0.25) is 0 Å². The molecule has 3 heterocycles. The van der Waals surface area contributed by atoms with Crippen LogP contribution in [0.4, 0.5) is 17.1 Å².